The van der Waals surface area contributed by atoms with Crippen molar-refractivity contribution in [2.24, 2.45) is 31.6 Å². The summed E-state index contributed by atoms with van der Waals surface area (Å²) in [4.78, 5) is 55.6. The van der Waals surface area contributed by atoms with Crippen molar-refractivity contribution in [3.63, 3.8) is 0 Å². The van der Waals surface area contributed by atoms with Gasteiger partial charge >= 0.3 is 17.1 Å². The fourth-order valence-corrected chi connectivity index (χ4v) is 8.70. The van der Waals surface area contributed by atoms with Gasteiger partial charge in [0, 0.05) is 88.8 Å². The number of H-pyrrole nitrogens is 2. The van der Waals surface area contributed by atoms with Crippen LogP contribution in [0.25, 0.3) is 90.9 Å². The Bertz CT molecular complexity index is 3770. The second kappa shape index (κ2) is 21.1. The van der Waals surface area contributed by atoms with Crippen molar-refractivity contribution in [3.8, 4) is 44.5 Å². The fourth-order valence-electron chi connectivity index (χ4n) is 8.70. The van der Waals surface area contributed by atoms with Gasteiger partial charge in [-0.3, -0.25) is 19.6 Å². The molecular formula is C64H64FeN8O4. The molecule has 0 saturated heterocycles. The first-order valence-electron chi connectivity index (χ1n) is 25.6. The van der Waals surface area contributed by atoms with E-state index < -0.39 is 21.7 Å². The number of nitrogens with one attached hydrogen (secondary N) is 4. The predicted molar refractivity (Wildman–Crippen MR) is 310 cm³/mol. The Labute approximate surface area is 461 Å². The van der Waals surface area contributed by atoms with Crippen LogP contribution in [0.4, 0.5) is 22.7 Å². The van der Waals surface area contributed by atoms with Crippen LogP contribution < -0.4 is 20.8 Å². The molecule has 2 aliphatic heterocycles. The molecule has 77 heavy (non-hydrogen) atoms. The van der Waals surface area contributed by atoms with Crippen LogP contribution in [0.2, 0.25) is 0 Å². The summed E-state index contributed by atoms with van der Waals surface area (Å²) in [6.07, 6.45) is 7.81. The molecule has 13 heteroatoms. The Morgan fingerprint density at radius 1 is 0.403 bits per heavy atom. The number of rotatable bonds is 8. The maximum atomic E-state index is 13.8. The predicted octanol–water partition coefficient (Wildman–Crippen LogP) is 14.2. The number of anilines is 2. The molecule has 2 amide bonds. The van der Waals surface area contributed by atoms with Gasteiger partial charge in [0.2, 0.25) is 11.8 Å². The van der Waals surface area contributed by atoms with Gasteiger partial charge in [0.1, 0.15) is 0 Å². The molecule has 0 saturated carbocycles. The number of nitrogens with zero attached hydrogens (tertiary/aromatic N) is 4. The van der Waals surface area contributed by atoms with Gasteiger partial charge in [-0.05, 0) is 95.5 Å². The minimum Gasteiger partial charge on any atom is -0.861 e. The Morgan fingerprint density at radius 2 is 0.701 bits per heavy atom. The number of aromatic nitrogens is 4. The van der Waals surface area contributed by atoms with Crippen LogP contribution in [0.15, 0.2) is 131 Å². The van der Waals surface area contributed by atoms with Crippen LogP contribution in [0.1, 0.15) is 106 Å². The van der Waals surface area contributed by atoms with E-state index in [4.69, 9.17) is 20.0 Å². The van der Waals surface area contributed by atoms with Crippen LogP contribution in [-0.4, -0.2) is 43.5 Å². The summed E-state index contributed by atoms with van der Waals surface area (Å²) in [5.74, 6) is -0.871. The monoisotopic (exact) mass is 1060 g/mol. The molecule has 4 N–H and O–H groups in total. The van der Waals surface area contributed by atoms with Gasteiger partial charge in [0.05, 0.1) is 34.2 Å². The fraction of sp³-hybridized carbons (Fsp3) is 0.250. The molecule has 0 atom stereocenters. The van der Waals surface area contributed by atoms with Crippen molar-refractivity contribution in [1.29, 1.82) is 0 Å². The van der Waals surface area contributed by atoms with Crippen LogP contribution in [0.3, 0.4) is 0 Å². The van der Waals surface area contributed by atoms with E-state index in [1.165, 1.54) is 0 Å². The van der Waals surface area contributed by atoms with E-state index in [0.717, 1.165) is 11.1 Å². The van der Waals surface area contributed by atoms with Crippen molar-refractivity contribution in [2.75, 3.05) is 10.6 Å². The molecule has 0 radical (unpaired) electrons. The van der Waals surface area contributed by atoms with Gasteiger partial charge in [-0.1, -0.05) is 156 Å². The molecule has 7 aromatic rings. The first-order chi connectivity index (χ1) is 35.9. The number of aromatic amines is 2. The van der Waals surface area contributed by atoms with E-state index in [1.54, 1.807) is 0 Å². The maximum Gasteiger partial charge on any atom is 2.00 e. The number of carbonyl (C=O) groups excluding carboxylic acids is 2. The molecule has 0 unspecified atom stereocenters. The molecule has 392 valence electrons. The number of amides is 2. The second-order valence-corrected chi connectivity index (χ2v) is 23.4. The summed E-state index contributed by atoms with van der Waals surface area (Å²) < 4.78 is 0. The molecule has 4 aromatic carbocycles. The third kappa shape index (κ3) is 11.5. The average Bonchev–Trinajstić information content (AvgIpc) is 4.25. The maximum absolute atomic E-state index is 13.8. The average molecular weight is 1070 g/mol. The Hall–Kier alpha value is -8.12. The largest absolute Gasteiger partial charge is 2.00 e. The summed E-state index contributed by atoms with van der Waals surface area (Å²) in [5, 5.41) is 33.9. The van der Waals surface area contributed by atoms with Gasteiger partial charge in [0.25, 0.3) is 0 Å². The number of hydrogen-bond donors (Lipinski definition) is 4. The van der Waals surface area contributed by atoms with E-state index in [9.17, 15) is 19.8 Å². The number of para-hydroxylation sites is 4. The molecule has 0 aliphatic carbocycles. The number of aliphatic imine (C=N–C) groups is 2. The zero-order valence-electron chi connectivity index (χ0n) is 45.6. The van der Waals surface area contributed by atoms with Crippen LogP contribution in [-0.2, 0) is 26.7 Å². The van der Waals surface area contributed by atoms with Gasteiger partial charge in [-0.15, -0.1) is 0 Å². The van der Waals surface area contributed by atoms with Crippen LogP contribution in [0, 0.1) is 21.7 Å². The topological polar surface area (TPSA) is 186 Å². The summed E-state index contributed by atoms with van der Waals surface area (Å²) in [5.41, 5.74) is 9.81. The number of fused-ring (bicyclic) bond motifs is 8. The molecule has 3 aromatic heterocycles. The first kappa shape index (κ1) is 55.1. The molecule has 9 rings (SSSR count). The molecule has 5 heterocycles. The van der Waals surface area contributed by atoms with Crippen LogP contribution in [0.5, 0.6) is 0 Å². The van der Waals surface area contributed by atoms with E-state index in [0.29, 0.717) is 101 Å². The third-order valence-corrected chi connectivity index (χ3v) is 13.1. The van der Waals surface area contributed by atoms with Crippen molar-refractivity contribution in [2.45, 2.75) is 83.1 Å². The molecule has 8 bridgehead atoms. The Kier molecular flexibility index (Phi) is 15.1. The first-order valence-corrected chi connectivity index (χ1v) is 25.6. The zero-order valence-corrected chi connectivity index (χ0v) is 46.7. The normalized spacial score (nSPS) is 13.1. The summed E-state index contributed by atoms with van der Waals surface area (Å²) >= 11 is 0. The number of hydrogen-bond acceptors (Lipinski definition) is 8. The van der Waals surface area contributed by atoms with E-state index in [-0.39, 0.29) is 40.7 Å². The molecule has 2 aliphatic rings. The molecule has 0 fully saturated rings. The zero-order chi connectivity index (χ0) is 54.5. The minimum atomic E-state index is -0.750. The third-order valence-electron chi connectivity index (χ3n) is 13.1. The summed E-state index contributed by atoms with van der Waals surface area (Å²) in [7, 11) is 0. The standard InChI is InChI=1S/C64H66N8O4.Fe/c1-61(2,3)57(73)69-41-25-17-13-21-37(41)53-45-29-31-47(65-45)54(38-22-14-18-26-42(38)70-58(74)62(4,5)6)49-33-35-51(67-49)56(40-24-16-20-28-44(40)72-60(76)64(10,11)12)52-36-34-50(68-52)55(48-32-30-46(53)66-48)39-23-15-19-27-43(39)71-59(75)63(7,8)9;/h13-36,65-66H,1-12H3,(H,69,73)(H,70,74)(H,71,75)(H,72,76);/q;+2/p-2. The van der Waals surface area contributed by atoms with Crippen molar-refractivity contribution in [1.82, 2.24) is 19.9 Å². The van der Waals surface area contributed by atoms with Gasteiger partial charge in [-0.2, -0.15) is 0 Å². The van der Waals surface area contributed by atoms with E-state index >= 15 is 0 Å². The van der Waals surface area contributed by atoms with E-state index in [2.05, 4.69) is 20.6 Å². The van der Waals surface area contributed by atoms with E-state index in [1.807, 2.05) is 229 Å². The van der Waals surface area contributed by atoms with Gasteiger partial charge < -0.3 is 30.8 Å². The smallest absolute Gasteiger partial charge is 0.861 e. The summed E-state index contributed by atoms with van der Waals surface area (Å²) in [6.45, 7) is 22.3. The second-order valence-electron chi connectivity index (χ2n) is 23.4. The minimum absolute atomic E-state index is 0. The Morgan fingerprint density at radius 3 is 1.08 bits per heavy atom. The van der Waals surface area contributed by atoms with Crippen LogP contribution >= 0.6 is 0 Å². The Balaban J connectivity index is 0.00000784. The number of carbonyl (C=O) groups is 2. The quantitative estimate of drug-likeness (QED) is 0.0666. The SMILES string of the molecule is CC(C)(C)C(=O)Nc1ccccc1-c1c2nc(c(-c3ccccc3N=C([O-])C(C)(C)C)c3ccc([nH]3)c(-c3ccccc3N=C([O-])C(C)(C)C)c3ccc([nH]3)c(-c3ccccc3NC(=O)C(C)(C)C)c3nc1C=C3)C=C2.[Fe+2]. The van der Waals surface area contributed by atoms with Crippen molar-refractivity contribution < 1.29 is 36.9 Å². The molecular weight excluding hydrogens is 1000 g/mol. The van der Waals surface area contributed by atoms with Gasteiger partial charge in [0.15, 0.2) is 0 Å². The van der Waals surface area contributed by atoms with Gasteiger partial charge in [-0.25, -0.2) is 9.97 Å². The van der Waals surface area contributed by atoms with Crippen molar-refractivity contribution >= 4 is 92.7 Å². The molecule has 12 nitrogen and oxygen atoms in total. The summed E-state index contributed by atoms with van der Waals surface area (Å²) in [6, 6.07) is 38.5. The molecule has 0 spiro atoms. The number of benzene rings is 4. The van der Waals surface area contributed by atoms with Crippen molar-refractivity contribution in [3.05, 3.63) is 144 Å².